The SMILES string of the molecule is COC(=O)c1cnc(-c2cc(OC)cc(OC)c2)[nH]1. The summed E-state index contributed by atoms with van der Waals surface area (Å²) in [4.78, 5) is 18.4. The van der Waals surface area contributed by atoms with Gasteiger partial charge in [-0.15, -0.1) is 0 Å². The molecule has 0 unspecified atom stereocenters. The molecule has 0 atom stereocenters. The van der Waals surface area contributed by atoms with Crippen molar-refractivity contribution in [3.05, 3.63) is 30.1 Å². The van der Waals surface area contributed by atoms with E-state index in [1.54, 1.807) is 32.4 Å². The Labute approximate surface area is 110 Å². The highest BCUT2D eigenvalue weighted by Gasteiger charge is 2.12. The third kappa shape index (κ3) is 2.67. The second-order valence-corrected chi connectivity index (χ2v) is 3.74. The van der Waals surface area contributed by atoms with E-state index in [9.17, 15) is 4.79 Å². The molecule has 0 aliphatic rings. The number of hydrogen-bond acceptors (Lipinski definition) is 5. The van der Waals surface area contributed by atoms with Crippen molar-refractivity contribution >= 4 is 5.97 Å². The quantitative estimate of drug-likeness (QED) is 0.851. The predicted octanol–water partition coefficient (Wildman–Crippen LogP) is 1.88. The van der Waals surface area contributed by atoms with Crippen molar-refractivity contribution in [2.24, 2.45) is 0 Å². The molecule has 0 amide bonds. The zero-order valence-corrected chi connectivity index (χ0v) is 10.9. The molecule has 19 heavy (non-hydrogen) atoms. The molecule has 0 fully saturated rings. The first-order chi connectivity index (χ1) is 9.17. The number of nitrogens with one attached hydrogen (secondary N) is 1. The summed E-state index contributed by atoms with van der Waals surface area (Å²) in [5.41, 5.74) is 1.05. The van der Waals surface area contributed by atoms with Gasteiger partial charge in [-0.05, 0) is 12.1 Å². The van der Waals surface area contributed by atoms with Crippen molar-refractivity contribution < 1.29 is 19.0 Å². The molecule has 1 aromatic carbocycles. The Hall–Kier alpha value is -2.50. The Morgan fingerprint density at radius 2 is 1.74 bits per heavy atom. The highest BCUT2D eigenvalue weighted by atomic mass is 16.5. The second kappa shape index (κ2) is 5.43. The van der Waals surface area contributed by atoms with E-state index >= 15 is 0 Å². The van der Waals surface area contributed by atoms with Gasteiger partial charge in [0.1, 0.15) is 23.0 Å². The van der Waals surface area contributed by atoms with Gasteiger partial charge in [0.15, 0.2) is 0 Å². The molecule has 2 rings (SSSR count). The van der Waals surface area contributed by atoms with Crippen LogP contribution < -0.4 is 9.47 Å². The summed E-state index contributed by atoms with van der Waals surface area (Å²) >= 11 is 0. The number of nitrogens with zero attached hydrogens (tertiary/aromatic N) is 1. The summed E-state index contributed by atoms with van der Waals surface area (Å²) in [5, 5.41) is 0. The smallest absolute Gasteiger partial charge is 0.356 e. The molecular formula is C13H14N2O4. The molecule has 1 heterocycles. The number of rotatable bonds is 4. The van der Waals surface area contributed by atoms with E-state index in [2.05, 4.69) is 14.7 Å². The van der Waals surface area contributed by atoms with Crippen molar-refractivity contribution in [1.82, 2.24) is 9.97 Å². The lowest BCUT2D eigenvalue weighted by Crippen LogP contribution is -2.01. The van der Waals surface area contributed by atoms with Crippen LogP contribution in [0.1, 0.15) is 10.5 Å². The number of hydrogen-bond donors (Lipinski definition) is 1. The van der Waals surface area contributed by atoms with Crippen LogP contribution in [-0.2, 0) is 4.74 Å². The average Bonchev–Trinajstić information content (AvgIpc) is 2.95. The van der Waals surface area contributed by atoms with Crippen LogP contribution in [0.2, 0.25) is 0 Å². The fourth-order valence-corrected chi connectivity index (χ4v) is 1.63. The van der Waals surface area contributed by atoms with E-state index in [0.29, 0.717) is 23.0 Å². The molecule has 1 aromatic heterocycles. The normalized spacial score (nSPS) is 10.1. The van der Waals surface area contributed by atoms with Crippen LogP contribution in [0.3, 0.4) is 0 Å². The van der Waals surface area contributed by atoms with E-state index in [-0.39, 0.29) is 0 Å². The zero-order valence-electron chi connectivity index (χ0n) is 10.9. The summed E-state index contributed by atoms with van der Waals surface area (Å²) in [6, 6.07) is 5.35. The maximum atomic E-state index is 11.4. The van der Waals surface area contributed by atoms with Gasteiger partial charge < -0.3 is 19.2 Å². The van der Waals surface area contributed by atoms with Crippen molar-refractivity contribution in [1.29, 1.82) is 0 Å². The standard InChI is InChI=1S/C13H14N2O4/c1-17-9-4-8(5-10(6-9)18-2)12-14-7-11(15-12)13(16)19-3/h4-7H,1-3H3,(H,14,15). The van der Waals surface area contributed by atoms with Gasteiger partial charge in [0.2, 0.25) is 0 Å². The molecule has 0 radical (unpaired) electrons. The third-order valence-electron chi connectivity index (χ3n) is 2.61. The highest BCUT2D eigenvalue weighted by molar-refractivity contribution is 5.87. The Morgan fingerprint density at radius 1 is 1.11 bits per heavy atom. The van der Waals surface area contributed by atoms with Crippen LogP contribution >= 0.6 is 0 Å². The number of benzene rings is 1. The number of ether oxygens (including phenoxy) is 3. The van der Waals surface area contributed by atoms with E-state index in [1.165, 1.54) is 13.3 Å². The molecule has 0 aliphatic heterocycles. The van der Waals surface area contributed by atoms with Gasteiger partial charge in [0.05, 0.1) is 27.5 Å². The summed E-state index contributed by atoms with van der Waals surface area (Å²) in [5.74, 6) is 1.36. The van der Waals surface area contributed by atoms with Crippen LogP contribution in [0.25, 0.3) is 11.4 Å². The van der Waals surface area contributed by atoms with Crippen molar-refractivity contribution in [2.45, 2.75) is 0 Å². The summed E-state index contributed by atoms with van der Waals surface area (Å²) in [7, 11) is 4.46. The van der Waals surface area contributed by atoms with E-state index < -0.39 is 5.97 Å². The van der Waals surface area contributed by atoms with Gasteiger partial charge in [-0.1, -0.05) is 0 Å². The van der Waals surface area contributed by atoms with Crippen LogP contribution in [0, 0.1) is 0 Å². The minimum Gasteiger partial charge on any atom is -0.497 e. The number of carbonyl (C=O) groups excluding carboxylic acids is 1. The molecule has 2 aromatic rings. The molecule has 1 N–H and O–H groups in total. The first-order valence-electron chi connectivity index (χ1n) is 5.54. The van der Waals surface area contributed by atoms with E-state index in [1.807, 2.05) is 0 Å². The molecule has 0 aliphatic carbocycles. The zero-order chi connectivity index (χ0) is 13.8. The molecule has 0 spiro atoms. The minimum absolute atomic E-state index is 0.291. The second-order valence-electron chi connectivity index (χ2n) is 3.74. The maximum absolute atomic E-state index is 11.4. The largest absolute Gasteiger partial charge is 0.497 e. The summed E-state index contributed by atoms with van der Waals surface area (Å²) < 4.78 is 15.0. The van der Waals surface area contributed by atoms with Crippen LogP contribution in [0.5, 0.6) is 11.5 Å². The topological polar surface area (TPSA) is 73.4 Å². The van der Waals surface area contributed by atoms with Gasteiger partial charge in [-0.25, -0.2) is 9.78 Å². The Kier molecular flexibility index (Phi) is 3.70. The Balaban J connectivity index is 2.40. The fraction of sp³-hybridized carbons (Fsp3) is 0.231. The van der Waals surface area contributed by atoms with Gasteiger partial charge in [0, 0.05) is 11.6 Å². The van der Waals surface area contributed by atoms with Gasteiger partial charge >= 0.3 is 5.97 Å². The monoisotopic (exact) mass is 262 g/mol. The molecular weight excluding hydrogens is 248 g/mol. The number of methoxy groups -OCH3 is 3. The lowest BCUT2D eigenvalue weighted by atomic mass is 10.2. The highest BCUT2D eigenvalue weighted by Crippen LogP contribution is 2.28. The summed E-state index contributed by atoms with van der Waals surface area (Å²) in [6.45, 7) is 0. The van der Waals surface area contributed by atoms with Crippen molar-refractivity contribution in [2.75, 3.05) is 21.3 Å². The summed E-state index contributed by atoms with van der Waals surface area (Å²) in [6.07, 6.45) is 1.42. The third-order valence-corrected chi connectivity index (χ3v) is 2.61. The van der Waals surface area contributed by atoms with Gasteiger partial charge in [-0.3, -0.25) is 0 Å². The molecule has 6 heteroatoms. The van der Waals surface area contributed by atoms with Crippen molar-refractivity contribution in [3.63, 3.8) is 0 Å². The first-order valence-corrected chi connectivity index (χ1v) is 5.54. The predicted molar refractivity (Wildman–Crippen MR) is 68.5 cm³/mol. The number of aromatic nitrogens is 2. The minimum atomic E-state index is -0.464. The van der Waals surface area contributed by atoms with Gasteiger partial charge in [-0.2, -0.15) is 0 Å². The van der Waals surface area contributed by atoms with Crippen LogP contribution in [0.15, 0.2) is 24.4 Å². The maximum Gasteiger partial charge on any atom is 0.356 e. The van der Waals surface area contributed by atoms with Crippen LogP contribution in [-0.4, -0.2) is 37.3 Å². The number of H-pyrrole nitrogens is 1. The molecule has 0 saturated heterocycles. The average molecular weight is 262 g/mol. The van der Waals surface area contributed by atoms with Crippen LogP contribution in [0.4, 0.5) is 0 Å². The molecule has 0 bridgehead atoms. The fourth-order valence-electron chi connectivity index (χ4n) is 1.63. The van der Waals surface area contributed by atoms with Gasteiger partial charge in [0.25, 0.3) is 0 Å². The number of esters is 1. The number of carbonyl (C=O) groups is 1. The molecule has 100 valence electrons. The van der Waals surface area contributed by atoms with Crippen molar-refractivity contribution in [3.8, 4) is 22.9 Å². The van der Waals surface area contributed by atoms with E-state index in [4.69, 9.17) is 9.47 Å². The number of imidazole rings is 1. The molecule has 0 saturated carbocycles. The lowest BCUT2D eigenvalue weighted by molar-refractivity contribution is 0.0595. The first kappa shape index (κ1) is 12.9. The lowest BCUT2D eigenvalue weighted by Gasteiger charge is -2.06. The number of aromatic amines is 1. The molecule has 6 nitrogen and oxygen atoms in total. The Bertz CT molecular complexity index is 570. The Morgan fingerprint density at radius 3 is 2.26 bits per heavy atom. The van der Waals surface area contributed by atoms with E-state index in [0.717, 1.165) is 5.56 Å².